The molecule has 0 fully saturated rings. The first-order valence-corrected chi connectivity index (χ1v) is 4.79. The second kappa shape index (κ2) is 3.56. The van der Waals surface area contributed by atoms with Gasteiger partial charge in [-0.1, -0.05) is 0 Å². The molecule has 1 heterocycles. The number of benzene rings is 1. The lowest BCUT2D eigenvalue weighted by atomic mass is 10.1. The molecular formula is C12H10FNO2. The van der Waals surface area contributed by atoms with Gasteiger partial charge in [0.25, 0.3) is 0 Å². The molecule has 4 heteroatoms. The van der Waals surface area contributed by atoms with Crippen molar-refractivity contribution < 1.29 is 14.0 Å². The molecule has 0 unspecified atom stereocenters. The first kappa shape index (κ1) is 10.5. The minimum atomic E-state index is -0.589. The van der Waals surface area contributed by atoms with Gasteiger partial charge in [0.1, 0.15) is 5.82 Å². The molecule has 2 rings (SSSR count). The van der Waals surface area contributed by atoms with Gasteiger partial charge < -0.3 is 4.57 Å². The van der Waals surface area contributed by atoms with E-state index in [1.165, 1.54) is 19.1 Å². The first-order chi connectivity index (χ1) is 7.54. The molecule has 0 bridgehead atoms. The van der Waals surface area contributed by atoms with Gasteiger partial charge in [0.05, 0.1) is 5.56 Å². The Morgan fingerprint density at radius 3 is 2.69 bits per heavy atom. The predicted molar refractivity (Wildman–Crippen MR) is 58.3 cm³/mol. The Morgan fingerprint density at radius 1 is 1.44 bits per heavy atom. The number of Topliss-reactive ketones (excluding diaryl/α,β-unsaturated/α-hetero) is 1. The van der Waals surface area contributed by atoms with Crippen molar-refractivity contribution in [2.45, 2.75) is 6.92 Å². The summed E-state index contributed by atoms with van der Waals surface area (Å²) in [4.78, 5) is 21.9. The molecule has 0 aliphatic carbocycles. The third kappa shape index (κ3) is 1.43. The molecular weight excluding hydrogens is 209 g/mol. The van der Waals surface area contributed by atoms with Crippen LogP contribution in [-0.2, 0) is 7.05 Å². The highest BCUT2D eigenvalue weighted by Crippen LogP contribution is 2.23. The number of hydrogen-bond donors (Lipinski definition) is 0. The van der Waals surface area contributed by atoms with Gasteiger partial charge in [0, 0.05) is 29.7 Å². The molecule has 82 valence electrons. The molecule has 0 N–H and O–H groups in total. The first-order valence-electron chi connectivity index (χ1n) is 4.79. The van der Waals surface area contributed by atoms with E-state index in [4.69, 9.17) is 0 Å². The van der Waals surface area contributed by atoms with Crippen LogP contribution in [0.15, 0.2) is 18.3 Å². The summed E-state index contributed by atoms with van der Waals surface area (Å²) in [6.07, 6.45) is 2.29. The normalized spacial score (nSPS) is 10.7. The third-order valence-corrected chi connectivity index (χ3v) is 2.62. The summed E-state index contributed by atoms with van der Waals surface area (Å²) in [5.74, 6) is -0.914. The molecule has 1 aromatic heterocycles. The summed E-state index contributed by atoms with van der Waals surface area (Å²) >= 11 is 0. The lowest BCUT2D eigenvalue weighted by Crippen LogP contribution is -1.97. The SMILES string of the molecule is CC(=O)c1cc2c(cc1F)c(C=O)cn2C. The Labute approximate surface area is 91.5 Å². The number of carbonyl (C=O) groups is 2. The van der Waals surface area contributed by atoms with Crippen molar-refractivity contribution >= 4 is 23.0 Å². The summed E-state index contributed by atoms with van der Waals surface area (Å²) in [5.41, 5.74) is 1.14. The van der Waals surface area contributed by atoms with E-state index in [0.29, 0.717) is 22.8 Å². The zero-order chi connectivity index (χ0) is 11.9. The molecule has 0 atom stereocenters. The fraction of sp³-hybridized carbons (Fsp3) is 0.167. The van der Waals surface area contributed by atoms with Gasteiger partial charge in [-0.15, -0.1) is 0 Å². The molecule has 0 amide bonds. The zero-order valence-corrected chi connectivity index (χ0v) is 8.95. The van der Waals surface area contributed by atoms with E-state index < -0.39 is 5.82 Å². The Hall–Kier alpha value is -1.97. The number of nitrogens with zero attached hydrogens (tertiary/aromatic N) is 1. The maximum Gasteiger partial charge on any atom is 0.162 e. The summed E-state index contributed by atoms with van der Waals surface area (Å²) < 4.78 is 15.2. The minimum absolute atomic E-state index is 0.0474. The predicted octanol–water partition coefficient (Wildman–Crippen LogP) is 2.33. The van der Waals surface area contributed by atoms with Crippen molar-refractivity contribution in [1.82, 2.24) is 4.57 Å². The van der Waals surface area contributed by atoms with Crippen LogP contribution in [0.4, 0.5) is 4.39 Å². The van der Waals surface area contributed by atoms with Crippen molar-refractivity contribution in [2.24, 2.45) is 7.05 Å². The van der Waals surface area contributed by atoms with E-state index in [2.05, 4.69) is 0 Å². The van der Waals surface area contributed by atoms with Crippen LogP contribution in [0.2, 0.25) is 0 Å². The molecule has 0 saturated heterocycles. The van der Waals surface area contributed by atoms with Gasteiger partial charge in [0.15, 0.2) is 12.1 Å². The van der Waals surface area contributed by atoms with Crippen molar-refractivity contribution in [3.05, 3.63) is 35.3 Å². The fourth-order valence-electron chi connectivity index (χ4n) is 1.80. The highest BCUT2D eigenvalue weighted by Gasteiger charge is 2.13. The molecule has 0 aliphatic heterocycles. The van der Waals surface area contributed by atoms with Crippen LogP contribution >= 0.6 is 0 Å². The van der Waals surface area contributed by atoms with Gasteiger partial charge in [-0.3, -0.25) is 9.59 Å². The van der Waals surface area contributed by atoms with Gasteiger partial charge in [-0.05, 0) is 19.1 Å². The number of carbonyl (C=O) groups excluding carboxylic acids is 2. The highest BCUT2D eigenvalue weighted by atomic mass is 19.1. The van der Waals surface area contributed by atoms with E-state index in [1.54, 1.807) is 17.8 Å². The topological polar surface area (TPSA) is 39.1 Å². The number of aryl methyl sites for hydroxylation is 1. The Morgan fingerprint density at radius 2 is 2.12 bits per heavy atom. The molecule has 0 spiro atoms. The molecule has 2 aromatic rings. The number of fused-ring (bicyclic) bond motifs is 1. The molecule has 16 heavy (non-hydrogen) atoms. The number of hydrogen-bond acceptors (Lipinski definition) is 2. The molecule has 1 aromatic carbocycles. The summed E-state index contributed by atoms with van der Waals surface area (Å²) in [5, 5.41) is 0.528. The average Bonchev–Trinajstić information content (AvgIpc) is 2.53. The third-order valence-electron chi connectivity index (χ3n) is 2.62. The molecule has 0 aliphatic rings. The Bertz CT molecular complexity index is 599. The lowest BCUT2D eigenvalue weighted by molar-refractivity contribution is 0.101. The zero-order valence-electron chi connectivity index (χ0n) is 8.95. The lowest BCUT2D eigenvalue weighted by Gasteiger charge is -2.01. The average molecular weight is 219 g/mol. The van der Waals surface area contributed by atoms with E-state index in [-0.39, 0.29) is 11.3 Å². The minimum Gasteiger partial charge on any atom is -0.350 e. The number of aromatic nitrogens is 1. The second-order valence-electron chi connectivity index (χ2n) is 3.72. The number of halogens is 1. The van der Waals surface area contributed by atoms with Crippen molar-refractivity contribution in [3.8, 4) is 0 Å². The van der Waals surface area contributed by atoms with Crippen LogP contribution in [-0.4, -0.2) is 16.6 Å². The number of rotatable bonds is 2. The van der Waals surface area contributed by atoms with Gasteiger partial charge in [0.2, 0.25) is 0 Å². The fourth-order valence-corrected chi connectivity index (χ4v) is 1.80. The quantitative estimate of drug-likeness (QED) is 0.574. The summed E-state index contributed by atoms with van der Waals surface area (Å²) in [6, 6.07) is 2.70. The van der Waals surface area contributed by atoms with Crippen LogP contribution in [0, 0.1) is 5.82 Å². The molecule has 0 saturated carbocycles. The second-order valence-corrected chi connectivity index (χ2v) is 3.72. The van der Waals surface area contributed by atoms with E-state index >= 15 is 0 Å². The van der Waals surface area contributed by atoms with Crippen LogP contribution in [0.1, 0.15) is 27.6 Å². The maximum absolute atomic E-state index is 13.5. The monoisotopic (exact) mass is 219 g/mol. The van der Waals surface area contributed by atoms with E-state index in [1.807, 2.05) is 0 Å². The summed E-state index contributed by atoms with van der Waals surface area (Å²) in [7, 11) is 1.75. The molecule has 0 radical (unpaired) electrons. The smallest absolute Gasteiger partial charge is 0.162 e. The van der Waals surface area contributed by atoms with Gasteiger partial charge in [-0.2, -0.15) is 0 Å². The van der Waals surface area contributed by atoms with Crippen LogP contribution < -0.4 is 0 Å². The largest absolute Gasteiger partial charge is 0.350 e. The Kier molecular flexibility index (Phi) is 2.34. The summed E-state index contributed by atoms with van der Waals surface area (Å²) in [6.45, 7) is 1.31. The maximum atomic E-state index is 13.5. The highest BCUT2D eigenvalue weighted by molar-refractivity contribution is 6.02. The standard InChI is InChI=1S/C12H10FNO2/c1-7(16)9-4-12-10(3-11(9)13)8(6-15)5-14(12)2/h3-6H,1-2H3. The number of ketones is 1. The van der Waals surface area contributed by atoms with Gasteiger partial charge in [-0.25, -0.2) is 4.39 Å². The van der Waals surface area contributed by atoms with E-state index in [9.17, 15) is 14.0 Å². The van der Waals surface area contributed by atoms with Crippen LogP contribution in [0.3, 0.4) is 0 Å². The number of aldehydes is 1. The van der Waals surface area contributed by atoms with E-state index in [0.717, 1.165) is 0 Å². The van der Waals surface area contributed by atoms with Crippen molar-refractivity contribution in [1.29, 1.82) is 0 Å². The van der Waals surface area contributed by atoms with Crippen molar-refractivity contribution in [2.75, 3.05) is 0 Å². The Balaban J connectivity index is 2.85. The molecule has 3 nitrogen and oxygen atoms in total. The van der Waals surface area contributed by atoms with Crippen LogP contribution in [0.25, 0.3) is 10.9 Å². The van der Waals surface area contributed by atoms with Crippen molar-refractivity contribution in [3.63, 3.8) is 0 Å². The van der Waals surface area contributed by atoms with Crippen LogP contribution in [0.5, 0.6) is 0 Å². The van der Waals surface area contributed by atoms with Gasteiger partial charge >= 0.3 is 0 Å².